The van der Waals surface area contributed by atoms with Crippen molar-refractivity contribution < 1.29 is 9.26 Å². The standard InChI is InChI=1S/C15H24N4O2/c1-15(6-2-5-12(15)16)14-17-13(18-21-14)11-8-19-7-3-4-10(19)9-20-11/h10-12H,2-9,16H2,1H3. The monoisotopic (exact) mass is 292 g/mol. The van der Waals surface area contributed by atoms with E-state index in [9.17, 15) is 0 Å². The molecule has 3 aliphatic rings. The van der Waals surface area contributed by atoms with Crippen molar-refractivity contribution in [1.29, 1.82) is 0 Å². The van der Waals surface area contributed by atoms with E-state index in [1.807, 2.05) is 0 Å². The Morgan fingerprint density at radius 2 is 2.24 bits per heavy atom. The average Bonchev–Trinajstić information content (AvgIpc) is 3.19. The molecule has 4 rings (SSSR count). The zero-order valence-corrected chi connectivity index (χ0v) is 12.6. The van der Waals surface area contributed by atoms with Gasteiger partial charge in [0.05, 0.1) is 12.0 Å². The second-order valence-corrected chi connectivity index (χ2v) is 6.99. The lowest BCUT2D eigenvalue weighted by atomic mass is 9.85. The quantitative estimate of drug-likeness (QED) is 0.887. The van der Waals surface area contributed by atoms with Gasteiger partial charge in [0.1, 0.15) is 6.10 Å². The molecule has 2 saturated heterocycles. The molecular formula is C15H24N4O2. The van der Waals surface area contributed by atoms with Crippen LogP contribution in [-0.4, -0.2) is 46.8 Å². The first-order valence-corrected chi connectivity index (χ1v) is 8.12. The molecule has 2 aliphatic heterocycles. The smallest absolute Gasteiger partial charge is 0.234 e. The molecule has 4 unspecified atom stereocenters. The first-order valence-electron chi connectivity index (χ1n) is 8.12. The fraction of sp³-hybridized carbons (Fsp3) is 0.867. The number of aromatic nitrogens is 2. The van der Waals surface area contributed by atoms with Gasteiger partial charge in [0.15, 0.2) is 0 Å². The molecule has 1 aromatic rings. The van der Waals surface area contributed by atoms with Crippen LogP contribution in [0.5, 0.6) is 0 Å². The lowest BCUT2D eigenvalue weighted by Crippen LogP contribution is -2.42. The van der Waals surface area contributed by atoms with Crippen LogP contribution in [0.15, 0.2) is 4.52 Å². The van der Waals surface area contributed by atoms with E-state index in [4.69, 9.17) is 15.0 Å². The van der Waals surface area contributed by atoms with Gasteiger partial charge in [-0.2, -0.15) is 4.98 Å². The normalized spacial score (nSPS) is 40.6. The summed E-state index contributed by atoms with van der Waals surface area (Å²) in [4.78, 5) is 7.14. The number of nitrogens with zero attached hydrogens (tertiary/aromatic N) is 3. The summed E-state index contributed by atoms with van der Waals surface area (Å²) < 4.78 is 11.5. The highest BCUT2D eigenvalue weighted by molar-refractivity contribution is 5.12. The molecule has 2 N–H and O–H groups in total. The minimum Gasteiger partial charge on any atom is -0.367 e. The molecule has 0 aromatic carbocycles. The van der Waals surface area contributed by atoms with Crippen LogP contribution in [0.3, 0.4) is 0 Å². The average molecular weight is 292 g/mol. The van der Waals surface area contributed by atoms with Crippen LogP contribution in [0.4, 0.5) is 0 Å². The van der Waals surface area contributed by atoms with E-state index in [1.54, 1.807) is 0 Å². The van der Waals surface area contributed by atoms with Crippen LogP contribution in [0.2, 0.25) is 0 Å². The van der Waals surface area contributed by atoms with E-state index < -0.39 is 0 Å². The first-order chi connectivity index (χ1) is 10.2. The Balaban J connectivity index is 1.52. The Morgan fingerprint density at radius 1 is 1.33 bits per heavy atom. The Kier molecular flexibility index (Phi) is 3.28. The highest BCUT2D eigenvalue weighted by Crippen LogP contribution is 2.39. The van der Waals surface area contributed by atoms with E-state index in [2.05, 4.69) is 22.0 Å². The summed E-state index contributed by atoms with van der Waals surface area (Å²) in [6.45, 7) is 4.97. The molecule has 21 heavy (non-hydrogen) atoms. The van der Waals surface area contributed by atoms with Crippen LogP contribution in [0.1, 0.15) is 56.8 Å². The summed E-state index contributed by atoms with van der Waals surface area (Å²) in [5.41, 5.74) is 6.07. The van der Waals surface area contributed by atoms with Gasteiger partial charge in [0.25, 0.3) is 0 Å². The van der Waals surface area contributed by atoms with Crippen molar-refractivity contribution in [1.82, 2.24) is 15.0 Å². The first kappa shape index (κ1) is 13.7. The van der Waals surface area contributed by atoms with E-state index >= 15 is 0 Å². The third kappa shape index (κ3) is 2.20. The van der Waals surface area contributed by atoms with E-state index in [1.165, 1.54) is 12.8 Å². The fourth-order valence-electron chi connectivity index (χ4n) is 4.03. The van der Waals surface area contributed by atoms with Crippen LogP contribution in [-0.2, 0) is 10.2 Å². The highest BCUT2D eigenvalue weighted by Gasteiger charge is 2.43. The molecular weight excluding hydrogens is 268 g/mol. The van der Waals surface area contributed by atoms with Crippen LogP contribution >= 0.6 is 0 Å². The Morgan fingerprint density at radius 3 is 3.05 bits per heavy atom. The number of fused-ring (bicyclic) bond motifs is 1. The van der Waals surface area contributed by atoms with Crippen molar-refractivity contribution >= 4 is 0 Å². The number of morpholine rings is 1. The van der Waals surface area contributed by atoms with Crippen molar-refractivity contribution in [3.05, 3.63) is 11.7 Å². The Hall–Kier alpha value is -0.980. The van der Waals surface area contributed by atoms with Gasteiger partial charge in [0, 0.05) is 18.6 Å². The number of hydrogen-bond donors (Lipinski definition) is 1. The summed E-state index contributed by atoms with van der Waals surface area (Å²) in [6, 6.07) is 0.703. The summed E-state index contributed by atoms with van der Waals surface area (Å²) in [5, 5.41) is 4.18. The maximum absolute atomic E-state index is 6.24. The molecule has 1 saturated carbocycles. The second-order valence-electron chi connectivity index (χ2n) is 6.99. The predicted octanol–water partition coefficient (Wildman–Crippen LogP) is 1.37. The Bertz CT molecular complexity index is 520. The number of ether oxygens (including phenoxy) is 1. The molecule has 4 atom stereocenters. The summed E-state index contributed by atoms with van der Waals surface area (Å²) in [6.07, 6.45) is 5.64. The van der Waals surface area contributed by atoms with Gasteiger partial charge < -0.3 is 15.0 Å². The van der Waals surface area contributed by atoms with Gasteiger partial charge in [-0.15, -0.1) is 0 Å². The van der Waals surface area contributed by atoms with Gasteiger partial charge in [-0.1, -0.05) is 11.6 Å². The van der Waals surface area contributed by atoms with Crippen LogP contribution in [0, 0.1) is 0 Å². The van der Waals surface area contributed by atoms with Gasteiger partial charge in [-0.25, -0.2) is 0 Å². The highest BCUT2D eigenvalue weighted by atomic mass is 16.5. The fourth-order valence-corrected chi connectivity index (χ4v) is 4.03. The summed E-state index contributed by atoms with van der Waals surface area (Å²) >= 11 is 0. The van der Waals surface area contributed by atoms with Crippen molar-refractivity contribution in [3.8, 4) is 0 Å². The molecule has 6 heteroatoms. The zero-order valence-electron chi connectivity index (χ0n) is 12.6. The van der Waals surface area contributed by atoms with Crippen LogP contribution < -0.4 is 5.73 Å². The molecule has 1 aromatic heterocycles. The minimum absolute atomic E-state index is 0.0573. The van der Waals surface area contributed by atoms with E-state index in [0.29, 0.717) is 17.8 Å². The lowest BCUT2D eigenvalue weighted by Gasteiger charge is -2.33. The second kappa shape index (κ2) is 5.04. The largest absolute Gasteiger partial charge is 0.367 e. The molecule has 6 nitrogen and oxygen atoms in total. The summed E-state index contributed by atoms with van der Waals surface area (Å²) in [7, 11) is 0. The lowest BCUT2D eigenvalue weighted by molar-refractivity contribution is -0.0548. The van der Waals surface area contributed by atoms with Crippen LogP contribution in [0.25, 0.3) is 0 Å². The van der Waals surface area contributed by atoms with Crippen molar-refractivity contribution in [2.24, 2.45) is 5.73 Å². The summed E-state index contributed by atoms with van der Waals surface area (Å²) in [5.74, 6) is 1.38. The molecule has 3 fully saturated rings. The number of rotatable bonds is 2. The molecule has 116 valence electrons. The van der Waals surface area contributed by atoms with Gasteiger partial charge >= 0.3 is 0 Å². The SMILES string of the molecule is CC1(c2nc(C3CN4CCCC4CO3)no2)CCCC1N. The third-order valence-corrected chi connectivity index (χ3v) is 5.64. The van der Waals surface area contributed by atoms with Gasteiger partial charge in [-0.05, 0) is 39.2 Å². The van der Waals surface area contributed by atoms with Gasteiger partial charge in [0.2, 0.25) is 11.7 Å². The molecule has 1 aliphatic carbocycles. The molecule has 0 bridgehead atoms. The Labute approximate surface area is 125 Å². The van der Waals surface area contributed by atoms with Gasteiger partial charge in [-0.3, -0.25) is 4.90 Å². The van der Waals surface area contributed by atoms with Crippen molar-refractivity contribution in [2.45, 2.75) is 62.6 Å². The van der Waals surface area contributed by atoms with Crippen molar-refractivity contribution in [2.75, 3.05) is 19.7 Å². The molecule has 0 radical (unpaired) electrons. The maximum atomic E-state index is 6.24. The zero-order chi connectivity index (χ0) is 14.4. The van der Waals surface area contributed by atoms with E-state index in [0.717, 1.165) is 39.0 Å². The number of nitrogens with two attached hydrogens (primary N) is 1. The predicted molar refractivity (Wildman–Crippen MR) is 76.8 cm³/mol. The van der Waals surface area contributed by atoms with E-state index in [-0.39, 0.29) is 17.6 Å². The molecule has 0 spiro atoms. The molecule has 0 amide bonds. The number of hydrogen-bond acceptors (Lipinski definition) is 6. The molecule has 3 heterocycles. The maximum Gasteiger partial charge on any atom is 0.234 e. The topological polar surface area (TPSA) is 77.4 Å². The minimum atomic E-state index is -0.171. The third-order valence-electron chi connectivity index (χ3n) is 5.64. The van der Waals surface area contributed by atoms with Crippen molar-refractivity contribution in [3.63, 3.8) is 0 Å².